The summed E-state index contributed by atoms with van der Waals surface area (Å²) in [5, 5.41) is 2.49. The van der Waals surface area contributed by atoms with Crippen LogP contribution in [0.15, 0.2) is 224 Å². The van der Waals surface area contributed by atoms with Crippen molar-refractivity contribution >= 4 is 27.8 Å². The molecule has 0 heterocycles. The Bertz CT molecular complexity index is 2640. The van der Waals surface area contributed by atoms with Crippen LogP contribution in [-0.4, -0.2) is 0 Å². The Morgan fingerprint density at radius 1 is 0.245 bits per heavy atom. The lowest BCUT2D eigenvalue weighted by Gasteiger charge is -2.31. The first-order chi connectivity index (χ1) is 26.3. The Labute approximate surface area is 311 Å². The highest BCUT2D eigenvalue weighted by Crippen LogP contribution is 2.49. The molecule has 0 spiro atoms. The van der Waals surface area contributed by atoms with Gasteiger partial charge in [-0.2, -0.15) is 0 Å². The third-order valence-corrected chi connectivity index (χ3v) is 10.1. The topological polar surface area (TPSA) is 3.24 Å². The molecule has 0 aliphatic rings. The van der Waals surface area contributed by atoms with Crippen LogP contribution in [0.1, 0.15) is 0 Å². The van der Waals surface area contributed by atoms with E-state index in [2.05, 4.69) is 229 Å². The van der Waals surface area contributed by atoms with Gasteiger partial charge in [0.1, 0.15) is 0 Å². The molecule has 0 aromatic heterocycles. The summed E-state index contributed by atoms with van der Waals surface area (Å²) < 4.78 is 0. The van der Waals surface area contributed by atoms with Gasteiger partial charge < -0.3 is 4.90 Å². The summed E-state index contributed by atoms with van der Waals surface area (Å²) in [4.78, 5) is 2.45. The molecular weight excluding hydrogens is 639 g/mol. The minimum absolute atomic E-state index is 1.08. The van der Waals surface area contributed by atoms with Gasteiger partial charge in [-0.1, -0.05) is 194 Å². The zero-order valence-corrected chi connectivity index (χ0v) is 29.3. The van der Waals surface area contributed by atoms with Crippen molar-refractivity contribution in [3.05, 3.63) is 224 Å². The molecule has 9 aromatic carbocycles. The molecule has 0 saturated carbocycles. The first-order valence-corrected chi connectivity index (χ1v) is 18.2. The zero-order valence-electron chi connectivity index (χ0n) is 29.3. The van der Waals surface area contributed by atoms with Crippen LogP contribution in [0, 0.1) is 0 Å². The maximum Gasteiger partial charge on any atom is 0.0546 e. The van der Waals surface area contributed by atoms with Gasteiger partial charge >= 0.3 is 0 Å². The Morgan fingerprint density at radius 2 is 0.717 bits per heavy atom. The van der Waals surface area contributed by atoms with Crippen LogP contribution in [0.5, 0.6) is 0 Å². The summed E-state index contributed by atoms with van der Waals surface area (Å²) in [7, 11) is 0. The monoisotopic (exact) mass is 675 g/mol. The summed E-state index contributed by atoms with van der Waals surface area (Å²) in [5.41, 5.74) is 15.1. The third kappa shape index (κ3) is 6.30. The van der Waals surface area contributed by atoms with Crippen molar-refractivity contribution in [2.45, 2.75) is 0 Å². The Hall–Kier alpha value is -6.96. The molecule has 0 unspecified atom stereocenters. The summed E-state index contributed by atoms with van der Waals surface area (Å²) in [6.07, 6.45) is 0. The minimum atomic E-state index is 1.08. The summed E-state index contributed by atoms with van der Waals surface area (Å²) in [5.74, 6) is 0. The molecule has 0 radical (unpaired) electrons. The third-order valence-electron chi connectivity index (χ3n) is 10.1. The summed E-state index contributed by atoms with van der Waals surface area (Å²) in [6.45, 7) is 0. The summed E-state index contributed by atoms with van der Waals surface area (Å²) >= 11 is 0. The molecule has 1 heteroatoms. The predicted molar refractivity (Wildman–Crippen MR) is 226 cm³/mol. The van der Waals surface area contributed by atoms with Crippen molar-refractivity contribution < 1.29 is 0 Å². The second-order valence-corrected chi connectivity index (χ2v) is 13.3. The van der Waals surface area contributed by atoms with Gasteiger partial charge in [0.2, 0.25) is 0 Å². The SMILES string of the molecule is c1ccc(-c2ccccc2-c2c(-c3ccccc3)cccc2N(c2ccc(-c3ccc4ccccc4c3)cc2)c2ccccc2-c2ccccc2)cc1. The highest BCUT2D eigenvalue weighted by atomic mass is 15.1. The number of rotatable bonds is 8. The van der Waals surface area contributed by atoms with Crippen molar-refractivity contribution in [3.63, 3.8) is 0 Å². The van der Waals surface area contributed by atoms with Crippen molar-refractivity contribution in [1.29, 1.82) is 0 Å². The normalized spacial score (nSPS) is 11.0. The number of anilines is 3. The van der Waals surface area contributed by atoms with Crippen LogP contribution < -0.4 is 4.90 Å². The average Bonchev–Trinajstić information content (AvgIpc) is 3.25. The van der Waals surface area contributed by atoms with Gasteiger partial charge in [0.25, 0.3) is 0 Å². The molecule has 0 atom stereocenters. The fourth-order valence-corrected chi connectivity index (χ4v) is 7.55. The Kier molecular flexibility index (Phi) is 8.66. The largest absolute Gasteiger partial charge is 0.309 e. The van der Waals surface area contributed by atoms with Gasteiger partial charge in [-0.3, -0.25) is 0 Å². The Morgan fingerprint density at radius 3 is 1.40 bits per heavy atom. The van der Waals surface area contributed by atoms with Gasteiger partial charge in [0.15, 0.2) is 0 Å². The lowest BCUT2D eigenvalue weighted by atomic mass is 9.87. The molecule has 53 heavy (non-hydrogen) atoms. The van der Waals surface area contributed by atoms with Gasteiger partial charge in [0.05, 0.1) is 11.4 Å². The number of fused-ring (bicyclic) bond motifs is 1. The molecule has 0 N–H and O–H groups in total. The second kappa shape index (κ2) is 14.3. The van der Waals surface area contributed by atoms with Crippen LogP contribution in [0.25, 0.3) is 66.4 Å². The molecule has 0 aliphatic carbocycles. The number of para-hydroxylation sites is 1. The van der Waals surface area contributed by atoms with E-state index in [9.17, 15) is 0 Å². The first-order valence-electron chi connectivity index (χ1n) is 18.2. The van der Waals surface area contributed by atoms with Crippen molar-refractivity contribution in [1.82, 2.24) is 0 Å². The average molecular weight is 676 g/mol. The zero-order chi connectivity index (χ0) is 35.4. The highest BCUT2D eigenvalue weighted by molar-refractivity contribution is 6.02. The van der Waals surface area contributed by atoms with Crippen molar-refractivity contribution in [3.8, 4) is 55.6 Å². The predicted octanol–water partition coefficient (Wildman–Crippen LogP) is 14.6. The fraction of sp³-hybridized carbons (Fsp3) is 0. The van der Waals surface area contributed by atoms with Gasteiger partial charge in [0, 0.05) is 16.8 Å². The molecule has 0 amide bonds. The number of hydrogen-bond donors (Lipinski definition) is 0. The molecule has 9 rings (SSSR count). The molecule has 0 aliphatic heterocycles. The highest BCUT2D eigenvalue weighted by Gasteiger charge is 2.24. The van der Waals surface area contributed by atoms with E-state index in [0.29, 0.717) is 0 Å². The van der Waals surface area contributed by atoms with E-state index < -0.39 is 0 Å². The fourth-order valence-electron chi connectivity index (χ4n) is 7.55. The maximum absolute atomic E-state index is 2.45. The van der Waals surface area contributed by atoms with Gasteiger partial charge in [-0.15, -0.1) is 0 Å². The van der Waals surface area contributed by atoms with Gasteiger partial charge in [-0.25, -0.2) is 0 Å². The van der Waals surface area contributed by atoms with E-state index in [-0.39, 0.29) is 0 Å². The Balaban J connectivity index is 1.30. The van der Waals surface area contributed by atoms with Crippen LogP contribution in [-0.2, 0) is 0 Å². The number of benzene rings is 9. The van der Waals surface area contributed by atoms with Crippen LogP contribution in [0.2, 0.25) is 0 Å². The molecule has 0 bridgehead atoms. The van der Waals surface area contributed by atoms with Crippen LogP contribution in [0.3, 0.4) is 0 Å². The van der Waals surface area contributed by atoms with E-state index in [4.69, 9.17) is 0 Å². The smallest absolute Gasteiger partial charge is 0.0546 e. The standard InChI is InChI=1S/C52H37N/c1-4-18-40(19-5-1)46-25-12-13-27-49(46)52-48(42-22-8-3-9-23-42)28-16-30-51(52)53(50-29-15-14-26-47(50)41-20-6-2-7-21-41)45-35-33-39(34-36-45)44-32-31-38-17-10-11-24-43(38)37-44/h1-37H. The van der Waals surface area contributed by atoms with Crippen LogP contribution in [0.4, 0.5) is 17.1 Å². The molecular formula is C52H37N. The lowest BCUT2D eigenvalue weighted by molar-refractivity contribution is 1.28. The number of nitrogens with zero attached hydrogens (tertiary/aromatic N) is 1. The number of hydrogen-bond acceptors (Lipinski definition) is 1. The van der Waals surface area contributed by atoms with Crippen LogP contribution >= 0.6 is 0 Å². The van der Waals surface area contributed by atoms with E-state index in [1.807, 2.05) is 0 Å². The molecule has 9 aromatic rings. The molecule has 1 nitrogen and oxygen atoms in total. The van der Waals surface area contributed by atoms with Crippen molar-refractivity contribution in [2.75, 3.05) is 4.90 Å². The molecule has 250 valence electrons. The van der Waals surface area contributed by atoms with E-state index in [1.165, 1.54) is 66.4 Å². The van der Waals surface area contributed by atoms with Crippen molar-refractivity contribution in [2.24, 2.45) is 0 Å². The first kappa shape index (κ1) is 32.0. The molecule has 0 saturated heterocycles. The van der Waals surface area contributed by atoms with E-state index in [0.717, 1.165) is 17.1 Å². The quantitative estimate of drug-likeness (QED) is 0.155. The van der Waals surface area contributed by atoms with E-state index in [1.54, 1.807) is 0 Å². The second-order valence-electron chi connectivity index (χ2n) is 13.3. The van der Waals surface area contributed by atoms with Gasteiger partial charge in [-0.05, 0) is 85.6 Å². The van der Waals surface area contributed by atoms with E-state index >= 15 is 0 Å². The minimum Gasteiger partial charge on any atom is -0.309 e. The molecule has 0 fully saturated rings. The summed E-state index contributed by atoms with van der Waals surface area (Å²) in [6, 6.07) is 80.9. The lowest BCUT2D eigenvalue weighted by Crippen LogP contribution is -2.13. The maximum atomic E-state index is 2.45.